The van der Waals surface area contributed by atoms with Crippen molar-refractivity contribution >= 4 is 18.0 Å². The number of hydrogen-bond donors (Lipinski definition) is 0. The lowest BCUT2D eigenvalue weighted by Crippen LogP contribution is -2.23. The van der Waals surface area contributed by atoms with Crippen LogP contribution in [0.3, 0.4) is 0 Å². The normalized spacial score (nSPS) is 10.7. The average Bonchev–Trinajstić information content (AvgIpc) is 2.37. The second kappa shape index (κ2) is 5.23. The quantitative estimate of drug-likeness (QED) is 0.762. The first kappa shape index (κ1) is 12.0. The fourth-order valence-electron chi connectivity index (χ4n) is 1.53. The van der Waals surface area contributed by atoms with E-state index in [1.165, 1.54) is 12.3 Å². The standard InChI is InChI=1S/C14H12N2O2/c1-10-5-4-8-13(16-10)15-9-11-6-2-3-7-12(11)14(17)18/h2-9H,1H3,(H,17,18)/p-1. The van der Waals surface area contributed by atoms with E-state index in [1.54, 1.807) is 24.3 Å². The minimum Gasteiger partial charge on any atom is -0.545 e. The van der Waals surface area contributed by atoms with Gasteiger partial charge in [0.2, 0.25) is 0 Å². The van der Waals surface area contributed by atoms with E-state index in [4.69, 9.17) is 0 Å². The van der Waals surface area contributed by atoms with Crippen LogP contribution in [0, 0.1) is 6.92 Å². The third-order valence-corrected chi connectivity index (χ3v) is 2.39. The van der Waals surface area contributed by atoms with Gasteiger partial charge in [-0.3, -0.25) is 0 Å². The molecule has 90 valence electrons. The molecule has 4 nitrogen and oxygen atoms in total. The molecule has 0 bridgehead atoms. The second-order valence-electron chi connectivity index (χ2n) is 3.77. The maximum atomic E-state index is 10.9. The number of hydrogen-bond acceptors (Lipinski definition) is 4. The number of carbonyl (C=O) groups is 1. The van der Waals surface area contributed by atoms with Gasteiger partial charge in [0.15, 0.2) is 5.82 Å². The summed E-state index contributed by atoms with van der Waals surface area (Å²) in [6.45, 7) is 1.87. The van der Waals surface area contributed by atoms with Crippen molar-refractivity contribution in [3.8, 4) is 0 Å². The molecule has 0 amide bonds. The van der Waals surface area contributed by atoms with Gasteiger partial charge in [0.25, 0.3) is 0 Å². The minimum absolute atomic E-state index is 0.119. The van der Waals surface area contributed by atoms with Crippen LogP contribution in [0.15, 0.2) is 47.5 Å². The number of carboxylic acid groups (broad SMARTS) is 1. The lowest BCUT2D eigenvalue weighted by molar-refractivity contribution is -0.255. The predicted octanol–water partition coefficient (Wildman–Crippen LogP) is 1.50. The smallest absolute Gasteiger partial charge is 0.152 e. The molecule has 2 rings (SSSR count). The van der Waals surface area contributed by atoms with Crippen LogP contribution in [0.1, 0.15) is 21.6 Å². The van der Waals surface area contributed by atoms with Crippen molar-refractivity contribution < 1.29 is 9.90 Å². The molecule has 0 N–H and O–H groups in total. The Hall–Kier alpha value is -2.49. The summed E-state index contributed by atoms with van der Waals surface area (Å²) in [4.78, 5) is 19.3. The number of carboxylic acids is 1. The van der Waals surface area contributed by atoms with E-state index in [2.05, 4.69) is 9.98 Å². The Labute approximate surface area is 105 Å². The molecule has 0 saturated carbocycles. The first-order valence-electron chi connectivity index (χ1n) is 5.45. The van der Waals surface area contributed by atoms with Gasteiger partial charge < -0.3 is 9.90 Å². The third kappa shape index (κ3) is 2.79. The summed E-state index contributed by atoms with van der Waals surface area (Å²) < 4.78 is 0. The Kier molecular flexibility index (Phi) is 3.48. The van der Waals surface area contributed by atoms with E-state index in [9.17, 15) is 9.90 Å². The van der Waals surface area contributed by atoms with Crippen molar-refractivity contribution in [2.45, 2.75) is 6.92 Å². The molecule has 1 heterocycles. The number of aromatic carboxylic acids is 1. The highest BCUT2D eigenvalue weighted by molar-refractivity contribution is 5.97. The Morgan fingerprint density at radius 3 is 2.72 bits per heavy atom. The van der Waals surface area contributed by atoms with E-state index in [1.807, 2.05) is 19.1 Å². The van der Waals surface area contributed by atoms with Gasteiger partial charge in [-0.25, -0.2) is 9.98 Å². The van der Waals surface area contributed by atoms with Crippen LogP contribution in [0.25, 0.3) is 0 Å². The summed E-state index contributed by atoms with van der Waals surface area (Å²) in [6, 6.07) is 12.0. The molecule has 0 aliphatic carbocycles. The molecule has 0 radical (unpaired) electrons. The monoisotopic (exact) mass is 239 g/mol. The fraction of sp³-hybridized carbons (Fsp3) is 0.0714. The zero-order chi connectivity index (χ0) is 13.0. The van der Waals surface area contributed by atoms with Gasteiger partial charge in [0, 0.05) is 23.0 Å². The summed E-state index contributed by atoms with van der Waals surface area (Å²) in [7, 11) is 0. The van der Waals surface area contributed by atoms with Crippen LogP contribution in [-0.4, -0.2) is 17.2 Å². The van der Waals surface area contributed by atoms with Crippen molar-refractivity contribution in [2.24, 2.45) is 4.99 Å². The van der Waals surface area contributed by atoms with Crippen molar-refractivity contribution in [3.63, 3.8) is 0 Å². The van der Waals surface area contributed by atoms with Gasteiger partial charge in [-0.15, -0.1) is 0 Å². The second-order valence-corrected chi connectivity index (χ2v) is 3.77. The summed E-state index contributed by atoms with van der Waals surface area (Å²) in [5, 5.41) is 10.9. The maximum Gasteiger partial charge on any atom is 0.152 e. The van der Waals surface area contributed by atoms with E-state index in [-0.39, 0.29) is 5.56 Å². The third-order valence-electron chi connectivity index (χ3n) is 2.39. The Balaban J connectivity index is 2.32. The van der Waals surface area contributed by atoms with Gasteiger partial charge in [-0.05, 0) is 19.1 Å². The van der Waals surface area contributed by atoms with Gasteiger partial charge >= 0.3 is 0 Å². The number of aromatic nitrogens is 1. The van der Waals surface area contributed by atoms with Crippen LogP contribution in [0.5, 0.6) is 0 Å². The molecule has 0 fully saturated rings. The molecule has 0 aliphatic heterocycles. The molecule has 0 aliphatic rings. The average molecular weight is 239 g/mol. The maximum absolute atomic E-state index is 10.9. The van der Waals surface area contributed by atoms with E-state index >= 15 is 0 Å². The van der Waals surface area contributed by atoms with Crippen molar-refractivity contribution in [2.75, 3.05) is 0 Å². The van der Waals surface area contributed by atoms with Crippen molar-refractivity contribution in [1.29, 1.82) is 0 Å². The number of aliphatic imine (C=N–C) groups is 1. The predicted molar refractivity (Wildman–Crippen MR) is 67.0 cm³/mol. The number of rotatable bonds is 3. The molecule has 18 heavy (non-hydrogen) atoms. The molecule has 0 unspecified atom stereocenters. The highest BCUT2D eigenvalue weighted by atomic mass is 16.4. The largest absolute Gasteiger partial charge is 0.545 e. The topological polar surface area (TPSA) is 65.4 Å². The SMILES string of the molecule is Cc1cccc(N=Cc2ccccc2C(=O)[O-])n1. The fourth-order valence-corrected chi connectivity index (χ4v) is 1.53. The first-order chi connectivity index (χ1) is 8.66. The molecule has 0 saturated heterocycles. The molecule has 4 heteroatoms. The van der Waals surface area contributed by atoms with Crippen LogP contribution in [0.2, 0.25) is 0 Å². The van der Waals surface area contributed by atoms with Crippen LogP contribution >= 0.6 is 0 Å². The molecular weight excluding hydrogens is 228 g/mol. The van der Waals surface area contributed by atoms with Gasteiger partial charge in [0.1, 0.15) is 0 Å². The number of aryl methyl sites for hydroxylation is 1. The Morgan fingerprint density at radius 2 is 2.00 bits per heavy atom. The molecule has 0 spiro atoms. The number of nitrogens with zero attached hydrogens (tertiary/aromatic N) is 2. The summed E-state index contributed by atoms with van der Waals surface area (Å²) in [5.41, 5.74) is 1.48. The van der Waals surface area contributed by atoms with Crippen LogP contribution in [0.4, 0.5) is 5.82 Å². The highest BCUT2D eigenvalue weighted by Gasteiger charge is 1.99. The number of pyridine rings is 1. The zero-order valence-corrected chi connectivity index (χ0v) is 9.83. The number of benzene rings is 1. The number of carbonyl (C=O) groups excluding carboxylic acids is 1. The van der Waals surface area contributed by atoms with E-state index in [0.29, 0.717) is 11.4 Å². The molecule has 0 atom stereocenters. The molecule has 1 aromatic carbocycles. The summed E-state index contributed by atoms with van der Waals surface area (Å²) >= 11 is 0. The van der Waals surface area contributed by atoms with Gasteiger partial charge in [0.05, 0.1) is 5.97 Å². The molecular formula is C14H11N2O2-. The van der Waals surface area contributed by atoms with E-state index in [0.717, 1.165) is 5.69 Å². The van der Waals surface area contributed by atoms with Gasteiger partial charge in [-0.1, -0.05) is 30.3 Å². The molecule has 1 aromatic heterocycles. The zero-order valence-electron chi connectivity index (χ0n) is 9.83. The summed E-state index contributed by atoms with van der Waals surface area (Å²) in [6.07, 6.45) is 1.48. The van der Waals surface area contributed by atoms with Gasteiger partial charge in [-0.2, -0.15) is 0 Å². The van der Waals surface area contributed by atoms with Crippen molar-refractivity contribution in [1.82, 2.24) is 4.98 Å². The first-order valence-corrected chi connectivity index (χ1v) is 5.45. The Morgan fingerprint density at radius 1 is 1.22 bits per heavy atom. The van der Waals surface area contributed by atoms with E-state index < -0.39 is 5.97 Å². The lowest BCUT2D eigenvalue weighted by Gasteiger charge is -2.05. The van der Waals surface area contributed by atoms with Crippen LogP contribution < -0.4 is 5.11 Å². The highest BCUT2D eigenvalue weighted by Crippen LogP contribution is 2.10. The summed E-state index contributed by atoms with van der Waals surface area (Å²) in [5.74, 6) is -0.669. The lowest BCUT2D eigenvalue weighted by atomic mass is 10.1. The minimum atomic E-state index is -1.21. The Bertz CT molecular complexity index is 606. The molecule has 2 aromatic rings. The van der Waals surface area contributed by atoms with Crippen molar-refractivity contribution in [3.05, 3.63) is 59.3 Å². The van der Waals surface area contributed by atoms with Crippen LogP contribution in [-0.2, 0) is 0 Å².